The summed E-state index contributed by atoms with van der Waals surface area (Å²) in [5.74, 6) is -0.738. The molecular formula is C17H14FN5O. The van der Waals surface area contributed by atoms with Crippen LogP contribution in [-0.2, 0) is 0 Å². The Kier molecular flexibility index (Phi) is 4.42. The molecule has 0 radical (unpaired) electrons. The van der Waals surface area contributed by atoms with Crippen molar-refractivity contribution in [1.82, 2.24) is 20.6 Å². The number of pyridine rings is 1. The van der Waals surface area contributed by atoms with E-state index in [9.17, 15) is 9.18 Å². The van der Waals surface area contributed by atoms with Gasteiger partial charge < -0.3 is 0 Å². The number of amides is 1. The van der Waals surface area contributed by atoms with E-state index in [4.69, 9.17) is 0 Å². The summed E-state index contributed by atoms with van der Waals surface area (Å²) in [6.07, 6.45) is 3.31. The van der Waals surface area contributed by atoms with E-state index in [1.807, 2.05) is 0 Å². The van der Waals surface area contributed by atoms with Crippen LogP contribution in [0, 0.1) is 5.82 Å². The maximum absolute atomic E-state index is 12.9. The van der Waals surface area contributed by atoms with E-state index in [0.717, 1.165) is 5.56 Å². The van der Waals surface area contributed by atoms with Crippen molar-refractivity contribution in [3.05, 3.63) is 71.9 Å². The zero-order valence-corrected chi connectivity index (χ0v) is 12.8. The third-order valence-electron chi connectivity index (χ3n) is 3.39. The van der Waals surface area contributed by atoms with Gasteiger partial charge >= 0.3 is 0 Å². The van der Waals surface area contributed by atoms with Gasteiger partial charge in [0.15, 0.2) is 0 Å². The quantitative estimate of drug-likeness (QED) is 0.572. The SMILES string of the molecule is CC(=NNC(=O)c1cc(-c2ccc(F)cc2)n[nH]1)c1ccncc1. The Morgan fingerprint density at radius 3 is 2.58 bits per heavy atom. The molecule has 0 aliphatic rings. The van der Waals surface area contributed by atoms with Crippen molar-refractivity contribution in [2.45, 2.75) is 6.92 Å². The number of benzene rings is 1. The lowest BCUT2D eigenvalue weighted by atomic mass is 10.1. The normalized spacial score (nSPS) is 11.3. The van der Waals surface area contributed by atoms with Gasteiger partial charge in [-0.05, 0) is 49.4 Å². The summed E-state index contributed by atoms with van der Waals surface area (Å²) in [6, 6.07) is 11.1. The number of hydrogen-bond donors (Lipinski definition) is 2. The van der Waals surface area contributed by atoms with Crippen LogP contribution >= 0.6 is 0 Å². The second-order valence-electron chi connectivity index (χ2n) is 5.05. The molecule has 0 aliphatic carbocycles. The minimum absolute atomic E-state index is 0.264. The molecule has 3 rings (SSSR count). The summed E-state index contributed by atoms with van der Waals surface area (Å²) >= 11 is 0. The highest BCUT2D eigenvalue weighted by Crippen LogP contribution is 2.17. The Hall–Kier alpha value is -3.35. The number of nitrogens with one attached hydrogen (secondary N) is 2. The first-order valence-electron chi connectivity index (χ1n) is 7.20. The number of carbonyl (C=O) groups excluding carboxylic acids is 1. The van der Waals surface area contributed by atoms with Crippen molar-refractivity contribution in [3.63, 3.8) is 0 Å². The van der Waals surface area contributed by atoms with Crippen LogP contribution in [0.15, 0.2) is 60.0 Å². The fraction of sp³-hybridized carbons (Fsp3) is 0.0588. The molecule has 0 unspecified atom stereocenters. The van der Waals surface area contributed by atoms with E-state index in [1.54, 1.807) is 49.6 Å². The molecule has 6 nitrogen and oxygen atoms in total. The van der Waals surface area contributed by atoms with Gasteiger partial charge in [0.05, 0.1) is 11.4 Å². The summed E-state index contributed by atoms with van der Waals surface area (Å²) in [4.78, 5) is 16.0. The highest BCUT2D eigenvalue weighted by molar-refractivity contribution is 6.00. The number of aromatic amines is 1. The molecule has 0 bridgehead atoms. The van der Waals surface area contributed by atoms with Crippen molar-refractivity contribution >= 4 is 11.6 Å². The van der Waals surface area contributed by atoms with Crippen LogP contribution in [0.1, 0.15) is 23.0 Å². The van der Waals surface area contributed by atoms with E-state index in [1.165, 1.54) is 12.1 Å². The van der Waals surface area contributed by atoms with Crippen molar-refractivity contribution in [3.8, 4) is 11.3 Å². The minimum Gasteiger partial charge on any atom is -0.272 e. The van der Waals surface area contributed by atoms with Crippen molar-refractivity contribution in [1.29, 1.82) is 0 Å². The Morgan fingerprint density at radius 2 is 1.88 bits per heavy atom. The van der Waals surface area contributed by atoms with Gasteiger partial charge in [-0.25, -0.2) is 9.82 Å². The first kappa shape index (κ1) is 15.5. The van der Waals surface area contributed by atoms with Crippen LogP contribution in [0.3, 0.4) is 0 Å². The van der Waals surface area contributed by atoms with Crippen molar-refractivity contribution in [2.75, 3.05) is 0 Å². The van der Waals surface area contributed by atoms with Crippen LogP contribution < -0.4 is 5.43 Å². The molecule has 1 aromatic carbocycles. The van der Waals surface area contributed by atoms with Gasteiger partial charge in [-0.2, -0.15) is 10.2 Å². The zero-order valence-electron chi connectivity index (χ0n) is 12.8. The van der Waals surface area contributed by atoms with Crippen molar-refractivity contribution in [2.24, 2.45) is 5.10 Å². The average molecular weight is 323 g/mol. The molecule has 0 aliphatic heterocycles. The Balaban J connectivity index is 1.71. The van der Waals surface area contributed by atoms with E-state index < -0.39 is 5.91 Å². The molecule has 2 N–H and O–H groups in total. The first-order chi connectivity index (χ1) is 11.6. The molecule has 0 fully saturated rings. The summed E-state index contributed by atoms with van der Waals surface area (Å²) in [5, 5.41) is 10.8. The monoisotopic (exact) mass is 323 g/mol. The number of nitrogens with zero attached hydrogens (tertiary/aromatic N) is 3. The van der Waals surface area contributed by atoms with Gasteiger partial charge in [-0.1, -0.05) is 0 Å². The standard InChI is InChI=1S/C17H14FN5O/c1-11(12-6-8-19-9-7-12)20-23-17(24)16-10-15(21-22-16)13-2-4-14(18)5-3-13/h2-10H,1H3,(H,21,22)(H,23,24). The van der Waals surface area contributed by atoms with Gasteiger partial charge in [-0.15, -0.1) is 0 Å². The van der Waals surface area contributed by atoms with Gasteiger partial charge in [0.25, 0.3) is 5.91 Å². The second kappa shape index (κ2) is 6.82. The maximum atomic E-state index is 12.9. The lowest BCUT2D eigenvalue weighted by molar-refractivity contribution is 0.0950. The smallest absolute Gasteiger partial charge is 0.272 e. The Morgan fingerprint density at radius 1 is 1.17 bits per heavy atom. The summed E-state index contributed by atoms with van der Waals surface area (Å²) in [7, 11) is 0. The van der Waals surface area contributed by atoms with Gasteiger partial charge in [0.2, 0.25) is 0 Å². The Bertz CT molecular complexity index is 872. The molecule has 0 saturated carbocycles. The summed E-state index contributed by atoms with van der Waals surface area (Å²) in [5.41, 5.74) is 5.51. The van der Waals surface area contributed by atoms with E-state index >= 15 is 0 Å². The predicted octanol–water partition coefficient (Wildman–Crippen LogP) is 2.76. The largest absolute Gasteiger partial charge is 0.289 e. The van der Waals surface area contributed by atoms with Gasteiger partial charge in [0.1, 0.15) is 11.5 Å². The third-order valence-corrected chi connectivity index (χ3v) is 3.39. The molecule has 2 aromatic heterocycles. The van der Waals surface area contributed by atoms with Gasteiger partial charge in [-0.3, -0.25) is 14.9 Å². The summed E-state index contributed by atoms with van der Waals surface area (Å²) in [6.45, 7) is 1.78. The van der Waals surface area contributed by atoms with Crippen molar-refractivity contribution < 1.29 is 9.18 Å². The average Bonchev–Trinajstić information content (AvgIpc) is 3.11. The van der Waals surface area contributed by atoms with E-state index in [2.05, 4.69) is 25.7 Å². The van der Waals surface area contributed by atoms with Crippen LogP contribution in [-0.4, -0.2) is 26.8 Å². The molecule has 1 amide bonds. The summed E-state index contributed by atoms with van der Waals surface area (Å²) < 4.78 is 12.9. The molecule has 0 atom stereocenters. The zero-order chi connectivity index (χ0) is 16.9. The lowest BCUT2D eigenvalue weighted by Crippen LogP contribution is -2.19. The van der Waals surface area contributed by atoms with Crippen LogP contribution in [0.4, 0.5) is 4.39 Å². The van der Waals surface area contributed by atoms with Gasteiger partial charge in [0, 0.05) is 23.5 Å². The number of hydrazone groups is 1. The number of hydrogen-bond acceptors (Lipinski definition) is 4. The molecule has 0 saturated heterocycles. The minimum atomic E-state index is -0.413. The highest BCUT2D eigenvalue weighted by Gasteiger charge is 2.11. The molecule has 7 heteroatoms. The second-order valence-corrected chi connectivity index (χ2v) is 5.05. The molecular weight excluding hydrogens is 309 g/mol. The fourth-order valence-corrected chi connectivity index (χ4v) is 2.06. The molecule has 24 heavy (non-hydrogen) atoms. The highest BCUT2D eigenvalue weighted by atomic mass is 19.1. The van der Waals surface area contributed by atoms with Crippen LogP contribution in [0.25, 0.3) is 11.3 Å². The van der Waals surface area contributed by atoms with E-state index in [-0.39, 0.29) is 11.5 Å². The number of aromatic nitrogens is 3. The molecule has 3 aromatic rings. The van der Waals surface area contributed by atoms with Crippen LogP contribution in [0.2, 0.25) is 0 Å². The fourth-order valence-electron chi connectivity index (χ4n) is 2.06. The molecule has 2 heterocycles. The number of H-pyrrole nitrogens is 1. The lowest BCUT2D eigenvalue weighted by Gasteiger charge is -2.01. The van der Waals surface area contributed by atoms with E-state index in [0.29, 0.717) is 17.0 Å². The number of halogens is 1. The molecule has 120 valence electrons. The molecule has 0 spiro atoms. The maximum Gasteiger partial charge on any atom is 0.289 e. The number of rotatable bonds is 4. The predicted molar refractivity (Wildman–Crippen MR) is 87.9 cm³/mol. The topological polar surface area (TPSA) is 83.0 Å². The Labute approximate surface area is 137 Å². The third kappa shape index (κ3) is 3.52. The first-order valence-corrected chi connectivity index (χ1v) is 7.20. The number of carbonyl (C=O) groups is 1. The van der Waals surface area contributed by atoms with Crippen LogP contribution in [0.5, 0.6) is 0 Å².